The largest absolute Gasteiger partial charge is 0.497 e. The average Bonchev–Trinajstić information content (AvgIpc) is 2.61. The number of benzene rings is 1. The summed E-state index contributed by atoms with van der Waals surface area (Å²) in [5.74, 6) is 0.450. The molecule has 0 bridgehead atoms. The van der Waals surface area contributed by atoms with Crippen LogP contribution >= 0.6 is 0 Å². The zero-order chi connectivity index (χ0) is 14.9. The summed E-state index contributed by atoms with van der Waals surface area (Å²) < 4.78 is 5.08. The Morgan fingerprint density at radius 1 is 1.30 bits per heavy atom. The van der Waals surface area contributed by atoms with Crippen LogP contribution in [-0.2, 0) is 9.59 Å². The molecule has 2 rings (SSSR count). The van der Waals surface area contributed by atoms with E-state index in [0.29, 0.717) is 0 Å². The second kappa shape index (κ2) is 5.25. The van der Waals surface area contributed by atoms with Crippen LogP contribution in [0.2, 0.25) is 0 Å². The summed E-state index contributed by atoms with van der Waals surface area (Å²) in [7, 11) is 1.60. The van der Waals surface area contributed by atoms with Crippen LogP contribution in [0, 0.1) is 5.41 Å². The number of carbonyl (C=O) groups is 2. The molecule has 1 aromatic rings. The first-order valence-corrected chi connectivity index (χ1v) is 6.59. The van der Waals surface area contributed by atoms with Gasteiger partial charge in [-0.2, -0.15) is 0 Å². The molecule has 1 fully saturated rings. The lowest BCUT2D eigenvalue weighted by molar-refractivity contribution is -0.141. The standard InChI is InChI=1S/C15H20N2O3/c1-15(2)8-13(18)17(14(15)19)9-12(16)10-4-6-11(20-3)7-5-10/h4-7,12H,8-9,16H2,1-3H3. The van der Waals surface area contributed by atoms with Crippen LogP contribution in [0.1, 0.15) is 31.9 Å². The molecule has 0 aromatic heterocycles. The van der Waals surface area contributed by atoms with Gasteiger partial charge in [0.1, 0.15) is 5.75 Å². The van der Waals surface area contributed by atoms with Crippen molar-refractivity contribution in [2.24, 2.45) is 11.1 Å². The predicted molar refractivity (Wildman–Crippen MR) is 75.0 cm³/mol. The van der Waals surface area contributed by atoms with E-state index in [9.17, 15) is 9.59 Å². The van der Waals surface area contributed by atoms with Gasteiger partial charge in [-0.25, -0.2) is 0 Å². The Balaban J connectivity index is 2.09. The van der Waals surface area contributed by atoms with Crippen LogP contribution in [0.3, 0.4) is 0 Å². The highest BCUT2D eigenvalue weighted by Gasteiger charge is 2.44. The summed E-state index contributed by atoms with van der Waals surface area (Å²) in [6.07, 6.45) is 0.251. The maximum Gasteiger partial charge on any atom is 0.235 e. The van der Waals surface area contributed by atoms with Gasteiger partial charge in [0, 0.05) is 19.0 Å². The highest BCUT2D eigenvalue weighted by atomic mass is 16.5. The summed E-state index contributed by atoms with van der Waals surface area (Å²) in [5, 5.41) is 0. The van der Waals surface area contributed by atoms with E-state index in [4.69, 9.17) is 10.5 Å². The summed E-state index contributed by atoms with van der Waals surface area (Å²) in [6.45, 7) is 3.78. The minimum atomic E-state index is -0.614. The van der Waals surface area contributed by atoms with Gasteiger partial charge in [0.05, 0.1) is 12.5 Å². The Kier molecular flexibility index (Phi) is 3.81. The van der Waals surface area contributed by atoms with Gasteiger partial charge < -0.3 is 10.5 Å². The summed E-state index contributed by atoms with van der Waals surface area (Å²) in [6, 6.07) is 6.93. The van der Waals surface area contributed by atoms with Crippen molar-refractivity contribution in [3.8, 4) is 5.75 Å². The molecule has 108 valence electrons. The van der Waals surface area contributed by atoms with Crippen molar-refractivity contribution in [2.75, 3.05) is 13.7 Å². The zero-order valence-corrected chi connectivity index (χ0v) is 12.1. The van der Waals surface area contributed by atoms with E-state index in [0.717, 1.165) is 11.3 Å². The number of nitrogens with two attached hydrogens (primary N) is 1. The normalized spacial score (nSPS) is 19.3. The fraction of sp³-hybridized carbons (Fsp3) is 0.467. The number of ether oxygens (including phenoxy) is 1. The van der Waals surface area contributed by atoms with Gasteiger partial charge in [-0.1, -0.05) is 26.0 Å². The SMILES string of the molecule is COc1ccc(C(N)CN2C(=O)CC(C)(C)C2=O)cc1. The van der Waals surface area contributed by atoms with Crippen molar-refractivity contribution in [3.63, 3.8) is 0 Å². The molecule has 1 heterocycles. The number of nitrogens with zero attached hydrogens (tertiary/aromatic N) is 1. The summed E-state index contributed by atoms with van der Waals surface area (Å²) in [5.41, 5.74) is 6.35. The van der Waals surface area contributed by atoms with Gasteiger partial charge >= 0.3 is 0 Å². The molecule has 0 aliphatic carbocycles. The maximum absolute atomic E-state index is 12.1. The molecule has 1 aliphatic heterocycles. The van der Waals surface area contributed by atoms with Gasteiger partial charge in [0.15, 0.2) is 0 Å². The quantitative estimate of drug-likeness (QED) is 0.845. The van der Waals surface area contributed by atoms with Gasteiger partial charge in [-0.15, -0.1) is 0 Å². The fourth-order valence-corrected chi connectivity index (χ4v) is 2.37. The first kappa shape index (κ1) is 14.5. The molecular weight excluding hydrogens is 256 g/mol. The molecule has 5 nitrogen and oxygen atoms in total. The predicted octanol–water partition coefficient (Wildman–Crippen LogP) is 1.48. The molecule has 1 aliphatic rings. The van der Waals surface area contributed by atoms with Crippen LogP contribution in [0.5, 0.6) is 5.75 Å². The van der Waals surface area contributed by atoms with Crippen LogP contribution in [0.25, 0.3) is 0 Å². The molecule has 1 aromatic carbocycles. The Morgan fingerprint density at radius 3 is 2.35 bits per heavy atom. The van der Waals surface area contributed by atoms with Crippen LogP contribution in [-0.4, -0.2) is 30.4 Å². The van der Waals surface area contributed by atoms with Gasteiger partial charge in [0.25, 0.3) is 0 Å². The third-order valence-corrected chi connectivity index (χ3v) is 3.64. The van der Waals surface area contributed by atoms with Gasteiger partial charge in [0.2, 0.25) is 11.8 Å². The van der Waals surface area contributed by atoms with Crippen molar-refractivity contribution in [3.05, 3.63) is 29.8 Å². The van der Waals surface area contributed by atoms with E-state index in [1.54, 1.807) is 21.0 Å². The molecule has 0 saturated carbocycles. The Hall–Kier alpha value is -1.88. The van der Waals surface area contributed by atoms with E-state index in [1.807, 2.05) is 24.3 Å². The lowest BCUT2D eigenvalue weighted by atomic mass is 9.92. The molecule has 1 atom stereocenters. The molecular formula is C15H20N2O3. The van der Waals surface area contributed by atoms with Crippen LogP contribution in [0.4, 0.5) is 0 Å². The summed E-state index contributed by atoms with van der Waals surface area (Å²) >= 11 is 0. The van der Waals surface area contributed by atoms with Gasteiger partial charge in [-0.3, -0.25) is 14.5 Å². The highest BCUT2D eigenvalue weighted by molar-refractivity contribution is 6.05. The van der Waals surface area contributed by atoms with E-state index < -0.39 is 5.41 Å². The second-order valence-electron chi connectivity index (χ2n) is 5.75. The number of imide groups is 1. The molecule has 1 unspecified atom stereocenters. The zero-order valence-electron chi connectivity index (χ0n) is 12.1. The van der Waals surface area contributed by atoms with Crippen molar-refractivity contribution < 1.29 is 14.3 Å². The number of hydrogen-bond donors (Lipinski definition) is 1. The average molecular weight is 276 g/mol. The van der Waals surface area contributed by atoms with Crippen LogP contribution in [0.15, 0.2) is 24.3 Å². The molecule has 0 spiro atoms. The van der Waals surface area contributed by atoms with E-state index in [2.05, 4.69) is 0 Å². The van der Waals surface area contributed by atoms with Crippen molar-refractivity contribution in [1.82, 2.24) is 4.90 Å². The lowest BCUT2D eigenvalue weighted by Crippen LogP contribution is -2.38. The monoisotopic (exact) mass is 276 g/mol. The van der Waals surface area contributed by atoms with Crippen LogP contribution < -0.4 is 10.5 Å². The first-order valence-electron chi connectivity index (χ1n) is 6.59. The number of rotatable bonds is 4. The van der Waals surface area contributed by atoms with Gasteiger partial charge in [-0.05, 0) is 17.7 Å². The first-order chi connectivity index (χ1) is 9.35. The van der Waals surface area contributed by atoms with E-state index in [-0.39, 0.29) is 30.8 Å². The second-order valence-corrected chi connectivity index (χ2v) is 5.75. The Bertz CT molecular complexity index is 522. The fourth-order valence-electron chi connectivity index (χ4n) is 2.37. The van der Waals surface area contributed by atoms with Crippen molar-refractivity contribution in [1.29, 1.82) is 0 Å². The molecule has 2 amide bonds. The third kappa shape index (κ3) is 2.67. The lowest BCUT2D eigenvalue weighted by Gasteiger charge is -2.21. The number of amides is 2. The highest BCUT2D eigenvalue weighted by Crippen LogP contribution is 2.32. The minimum Gasteiger partial charge on any atom is -0.497 e. The number of hydrogen-bond acceptors (Lipinski definition) is 4. The minimum absolute atomic E-state index is 0.147. The smallest absolute Gasteiger partial charge is 0.235 e. The molecule has 20 heavy (non-hydrogen) atoms. The number of carbonyl (C=O) groups excluding carboxylic acids is 2. The number of methoxy groups -OCH3 is 1. The third-order valence-electron chi connectivity index (χ3n) is 3.64. The molecule has 5 heteroatoms. The topological polar surface area (TPSA) is 72.6 Å². The Labute approximate surface area is 118 Å². The number of likely N-dealkylation sites (tertiary alicyclic amines) is 1. The Morgan fingerprint density at radius 2 is 1.90 bits per heavy atom. The molecule has 0 radical (unpaired) electrons. The molecule has 2 N–H and O–H groups in total. The maximum atomic E-state index is 12.1. The van der Waals surface area contributed by atoms with E-state index in [1.165, 1.54) is 4.90 Å². The molecule has 1 saturated heterocycles. The summed E-state index contributed by atoms with van der Waals surface area (Å²) in [4.78, 5) is 25.3. The van der Waals surface area contributed by atoms with Crippen molar-refractivity contribution in [2.45, 2.75) is 26.3 Å². The van der Waals surface area contributed by atoms with Crippen molar-refractivity contribution >= 4 is 11.8 Å². The van der Waals surface area contributed by atoms with E-state index >= 15 is 0 Å².